The van der Waals surface area contributed by atoms with E-state index in [2.05, 4.69) is 52.2 Å². The zero-order valence-electron chi connectivity index (χ0n) is 8.75. The molecule has 15 heavy (non-hydrogen) atoms. The Hall–Kier alpha value is -0.290. The summed E-state index contributed by atoms with van der Waals surface area (Å²) < 4.78 is 1.30. The molecule has 1 saturated carbocycles. The lowest BCUT2D eigenvalue weighted by Gasteiger charge is -2.28. The number of rotatable bonds is 2. The first-order valence-corrected chi connectivity index (χ1v) is 6.60. The smallest absolute Gasteiger partial charge is 0.0478 e. The number of para-hydroxylation sites is 1. The van der Waals surface area contributed by atoms with Crippen molar-refractivity contribution < 1.29 is 0 Å². The summed E-state index contributed by atoms with van der Waals surface area (Å²) in [4.78, 5) is 0. The van der Waals surface area contributed by atoms with Crippen molar-refractivity contribution in [2.24, 2.45) is 5.73 Å². The van der Waals surface area contributed by atoms with E-state index in [0.29, 0.717) is 12.1 Å². The van der Waals surface area contributed by atoms with Gasteiger partial charge < -0.3 is 11.1 Å². The molecule has 1 fully saturated rings. The predicted octanol–water partition coefficient (Wildman–Crippen LogP) is 2.97. The molecule has 2 nitrogen and oxygen atoms in total. The first kappa shape index (κ1) is 11.2. The molecule has 0 amide bonds. The highest BCUT2D eigenvalue weighted by Gasteiger charge is 2.18. The summed E-state index contributed by atoms with van der Waals surface area (Å²) in [5, 5.41) is 3.61. The summed E-state index contributed by atoms with van der Waals surface area (Å²) in [5.41, 5.74) is 7.15. The van der Waals surface area contributed by atoms with Gasteiger partial charge in [-0.1, -0.05) is 12.1 Å². The third kappa shape index (κ3) is 3.08. The Morgan fingerprint density at radius 2 is 1.80 bits per heavy atom. The molecule has 3 heteroatoms. The topological polar surface area (TPSA) is 38.0 Å². The second-order valence-electron chi connectivity index (χ2n) is 4.24. The van der Waals surface area contributed by atoms with Crippen LogP contribution >= 0.6 is 22.6 Å². The monoisotopic (exact) mass is 316 g/mol. The van der Waals surface area contributed by atoms with Crippen molar-refractivity contribution in [1.29, 1.82) is 0 Å². The second kappa shape index (κ2) is 5.16. The fraction of sp³-hybridized carbons (Fsp3) is 0.500. The number of hydrogen-bond acceptors (Lipinski definition) is 2. The van der Waals surface area contributed by atoms with Crippen LogP contribution in [0.3, 0.4) is 0 Å². The predicted molar refractivity (Wildman–Crippen MR) is 73.0 cm³/mol. The van der Waals surface area contributed by atoms with Crippen LogP contribution in [-0.4, -0.2) is 12.1 Å². The fourth-order valence-electron chi connectivity index (χ4n) is 2.06. The molecule has 1 aromatic rings. The first-order chi connectivity index (χ1) is 7.25. The molecule has 0 radical (unpaired) electrons. The normalized spacial score (nSPS) is 26.3. The van der Waals surface area contributed by atoms with Gasteiger partial charge in [-0.25, -0.2) is 0 Å². The number of nitrogens with one attached hydrogen (secondary N) is 1. The van der Waals surface area contributed by atoms with Crippen LogP contribution in [0.2, 0.25) is 0 Å². The van der Waals surface area contributed by atoms with E-state index in [9.17, 15) is 0 Å². The van der Waals surface area contributed by atoms with Crippen molar-refractivity contribution in [1.82, 2.24) is 0 Å². The van der Waals surface area contributed by atoms with Gasteiger partial charge in [0, 0.05) is 21.3 Å². The van der Waals surface area contributed by atoms with Crippen LogP contribution in [0, 0.1) is 3.57 Å². The molecule has 1 aliphatic rings. The van der Waals surface area contributed by atoms with Crippen molar-refractivity contribution >= 4 is 28.3 Å². The Morgan fingerprint density at radius 1 is 1.13 bits per heavy atom. The molecule has 2 rings (SSSR count). The molecule has 82 valence electrons. The molecule has 0 bridgehead atoms. The lowest BCUT2D eigenvalue weighted by Crippen LogP contribution is -2.32. The van der Waals surface area contributed by atoms with Gasteiger partial charge >= 0.3 is 0 Å². The van der Waals surface area contributed by atoms with Gasteiger partial charge in [-0.15, -0.1) is 0 Å². The lowest BCUT2D eigenvalue weighted by atomic mass is 9.92. The average Bonchev–Trinajstić information content (AvgIpc) is 2.25. The molecule has 0 aliphatic heterocycles. The van der Waals surface area contributed by atoms with E-state index in [0.717, 1.165) is 12.8 Å². The molecule has 1 aromatic carbocycles. The van der Waals surface area contributed by atoms with Crippen LogP contribution < -0.4 is 11.1 Å². The Bertz CT molecular complexity index is 319. The Morgan fingerprint density at radius 3 is 2.47 bits per heavy atom. The first-order valence-electron chi connectivity index (χ1n) is 5.52. The highest BCUT2D eigenvalue weighted by atomic mass is 127. The maximum atomic E-state index is 5.89. The fourth-order valence-corrected chi connectivity index (χ4v) is 2.60. The van der Waals surface area contributed by atoms with Gasteiger partial charge in [0.15, 0.2) is 0 Å². The molecule has 0 unspecified atom stereocenters. The standard InChI is InChI=1S/C12H17IN2/c13-11-3-1-2-4-12(11)15-10-7-5-9(14)6-8-10/h1-4,9-10,15H,5-8,14H2. The number of benzene rings is 1. The molecule has 1 aliphatic carbocycles. The van der Waals surface area contributed by atoms with Crippen molar-refractivity contribution in [3.05, 3.63) is 27.8 Å². The minimum absolute atomic E-state index is 0.429. The summed E-state index contributed by atoms with van der Waals surface area (Å²) in [6.45, 7) is 0. The highest BCUT2D eigenvalue weighted by molar-refractivity contribution is 14.1. The number of hydrogen-bond donors (Lipinski definition) is 2. The third-order valence-corrected chi connectivity index (χ3v) is 3.95. The average molecular weight is 316 g/mol. The number of nitrogens with two attached hydrogens (primary N) is 1. The third-order valence-electron chi connectivity index (χ3n) is 3.01. The van der Waals surface area contributed by atoms with Crippen LogP contribution in [0.15, 0.2) is 24.3 Å². The molecule has 3 N–H and O–H groups in total. The molecular formula is C12H17IN2. The van der Waals surface area contributed by atoms with Gasteiger partial charge in [0.05, 0.1) is 0 Å². The lowest BCUT2D eigenvalue weighted by molar-refractivity contribution is 0.411. The highest BCUT2D eigenvalue weighted by Crippen LogP contribution is 2.24. The van der Waals surface area contributed by atoms with Crippen molar-refractivity contribution in [3.63, 3.8) is 0 Å². The zero-order chi connectivity index (χ0) is 10.7. The minimum Gasteiger partial charge on any atom is -0.381 e. The SMILES string of the molecule is NC1CCC(Nc2ccccc2I)CC1. The van der Waals surface area contributed by atoms with E-state index >= 15 is 0 Å². The molecule has 0 heterocycles. The largest absolute Gasteiger partial charge is 0.381 e. The van der Waals surface area contributed by atoms with Gasteiger partial charge in [0.1, 0.15) is 0 Å². The maximum Gasteiger partial charge on any atom is 0.0478 e. The molecule has 0 spiro atoms. The van der Waals surface area contributed by atoms with Gasteiger partial charge in [-0.05, 0) is 60.4 Å². The van der Waals surface area contributed by atoms with Crippen molar-refractivity contribution in [3.8, 4) is 0 Å². The summed E-state index contributed by atoms with van der Waals surface area (Å²) >= 11 is 2.37. The van der Waals surface area contributed by atoms with E-state index in [1.165, 1.54) is 22.1 Å². The van der Waals surface area contributed by atoms with Gasteiger partial charge in [0.25, 0.3) is 0 Å². The second-order valence-corrected chi connectivity index (χ2v) is 5.40. The molecular weight excluding hydrogens is 299 g/mol. The Kier molecular flexibility index (Phi) is 3.86. The van der Waals surface area contributed by atoms with Crippen LogP contribution in [0.1, 0.15) is 25.7 Å². The van der Waals surface area contributed by atoms with Gasteiger partial charge in [0.2, 0.25) is 0 Å². The Labute approximate surface area is 105 Å². The summed E-state index contributed by atoms with van der Waals surface area (Å²) in [6.07, 6.45) is 4.71. The minimum atomic E-state index is 0.429. The maximum absolute atomic E-state index is 5.89. The van der Waals surface area contributed by atoms with E-state index in [1.54, 1.807) is 0 Å². The summed E-state index contributed by atoms with van der Waals surface area (Å²) in [6, 6.07) is 9.48. The Balaban J connectivity index is 1.95. The van der Waals surface area contributed by atoms with Crippen LogP contribution in [0.4, 0.5) is 5.69 Å². The number of anilines is 1. The summed E-state index contributed by atoms with van der Waals surface area (Å²) in [5.74, 6) is 0. The summed E-state index contributed by atoms with van der Waals surface area (Å²) in [7, 11) is 0. The van der Waals surface area contributed by atoms with Crippen molar-refractivity contribution in [2.75, 3.05) is 5.32 Å². The molecule has 0 aromatic heterocycles. The van der Waals surface area contributed by atoms with Crippen LogP contribution in [0.25, 0.3) is 0 Å². The molecule has 0 saturated heterocycles. The van der Waals surface area contributed by atoms with E-state index < -0.39 is 0 Å². The van der Waals surface area contributed by atoms with Gasteiger partial charge in [-0.2, -0.15) is 0 Å². The van der Waals surface area contributed by atoms with E-state index in [1.807, 2.05) is 0 Å². The number of halogens is 1. The van der Waals surface area contributed by atoms with Crippen LogP contribution in [-0.2, 0) is 0 Å². The quantitative estimate of drug-likeness (QED) is 0.823. The van der Waals surface area contributed by atoms with Gasteiger partial charge in [-0.3, -0.25) is 0 Å². The van der Waals surface area contributed by atoms with E-state index in [-0.39, 0.29) is 0 Å². The van der Waals surface area contributed by atoms with E-state index in [4.69, 9.17) is 5.73 Å². The van der Waals surface area contributed by atoms with Crippen molar-refractivity contribution in [2.45, 2.75) is 37.8 Å². The van der Waals surface area contributed by atoms with Crippen LogP contribution in [0.5, 0.6) is 0 Å². The zero-order valence-corrected chi connectivity index (χ0v) is 10.9. The molecule has 0 atom stereocenters.